The summed E-state index contributed by atoms with van der Waals surface area (Å²) in [5, 5.41) is 0. The average Bonchev–Trinajstić information content (AvgIpc) is 2.80. The quantitative estimate of drug-likeness (QED) is 0.506. The van der Waals surface area contributed by atoms with Gasteiger partial charge in [0.05, 0.1) is 0 Å². The van der Waals surface area contributed by atoms with Crippen LogP contribution >= 0.6 is 0 Å². The molecule has 0 unspecified atom stereocenters. The van der Waals surface area contributed by atoms with E-state index in [2.05, 4.69) is 16.9 Å². The molecule has 1 aliphatic heterocycles. The summed E-state index contributed by atoms with van der Waals surface area (Å²) in [6.07, 6.45) is 5.56. The monoisotopic (exact) mass is 200 g/mol. The molecule has 0 saturated carbocycles. The number of Topliss-reactive ketones (excluding diaryl/α,β-unsaturated/α-hetero) is 1. The minimum atomic E-state index is -0.135. The summed E-state index contributed by atoms with van der Waals surface area (Å²) in [6, 6.07) is 6.26. The molecular weight excluding hydrogens is 188 g/mol. The summed E-state index contributed by atoms with van der Waals surface area (Å²) in [7, 11) is 0. The Kier molecular flexibility index (Phi) is 2.99. The van der Waals surface area contributed by atoms with Crippen molar-refractivity contribution in [1.29, 1.82) is 0 Å². The van der Waals surface area contributed by atoms with E-state index in [1.165, 1.54) is 12.8 Å². The molecule has 1 aliphatic rings. The first-order valence-electron chi connectivity index (χ1n) is 5.07. The van der Waals surface area contributed by atoms with Crippen LogP contribution < -0.4 is 0 Å². The van der Waals surface area contributed by atoms with Crippen LogP contribution in [0.2, 0.25) is 0 Å². The van der Waals surface area contributed by atoms with Crippen molar-refractivity contribution >= 4 is 5.78 Å². The maximum atomic E-state index is 11.6. The molecule has 2 heterocycles. The Balaban J connectivity index is 2.03. The Morgan fingerprint density at radius 3 is 2.60 bits per heavy atom. The number of rotatable bonds is 1. The summed E-state index contributed by atoms with van der Waals surface area (Å²) in [4.78, 5) is 17.4. The first-order valence-corrected chi connectivity index (χ1v) is 5.07. The number of pyridine rings is 1. The fraction of sp³-hybridized carbons (Fsp3) is 0.333. The van der Waals surface area contributed by atoms with Crippen molar-refractivity contribution in [3.8, 4) is 12.0 Å². The number of aromatic nitrogens is 1. The summed E-state index contributed by atoms with van der Waals surface area (Å²) in [6.45, 7) is 1.97. The molecule has 2 rings (SSSR count). The molecular formula is C12H12N2O. The zero-order valence-corrected chi connectivity index (χ0v) is 8.44. The molecule has 0 atom stereocenters. The smallest absolute Gasteiger partial charge is 0.237 e. The van der Waals surface area contributed by atoms with Crippen LogP contribution in [-0.2, 0) is 0 Å². The molecule has 3 nitrogen and oxygen atoms in total. The minimum absolute atomic E-state index is 0.135. The van der Waals surface area contributed by atoms with Gasteiger partial charge in [-0.05, 0) is 30.9 Å². The first-order chi connectivity index (χ1) is 7.36. The highest BCUT2D eigenvalue weighted by Crippen LogP contribution is 2.05. The van der Waals surface area contributed by atoms with E-state index in [0.29, 0.717) is 5.56 Å². The fourth-order valence-corrected chi connectivity index (χ4v) is 1.53. The van der Waals surface area contributed by atoms with E-state index >= 15 is 0 Å². The van der Waals surface area contributed by atoms with Gasteiger partial charge in [0.1, 0.15) is 0 Å². The highest BCUT2D eigenvalue weighted by Gasteiger charge is 2.07. The summed E-state index contributed by atoms with van der Waals surface area (Å²) in [5.74, 6) is 2.52. The second-order valence-electron chi connectivity index (χ2n) is 3.50. The number of likely N-dealkylation sites (tertiary alicyclic amines) is 1. The van der Waals surface area contributed by atoms with Gasteiger partial charge < -0.3 is 4.90 Å². The van der Waals surface area contributed by atoms with E-state index in [1.807, 2.05) is 4.90 Å². The third kappa shape index (κ3) is 2.57. The maximum Gasteiger partial charge on any atom is 0.237 e. The molecule has 1 saturated heterocycles. The molecule has 3 heteroatoms. The van der Waals surface area contributed by atoms with Crippen molar-refractivity contribution in [2.75, 3.05) is 13.1 Å². The molecule has 0 bridgehead atoms. The molecule has 0 radical (unpaired) electrons. The summed E-state index contributed by atoms with van der Waals surface area (Å²) in [5.41, 5.74) is 0.608. The van der Waals surface area contributed by atoms with Crippen LogP contribution in [0.15, 0.2) is 24.5 Å². The predicted octanol–water partition coefficient (Wildman–Crippen LogP) is 1.32. The normalized spacial score (nSPS) is 14.5. The van der Waals surface area contributed by atoms with Gasteiger partial charge in [0.2, 0.25) is 5.78 Å². The maximum absolute atomic E-state index is 11.6. The van der Waals surface area contributed by atoms with Gasteiger partial charge in [-0.2, -0.15) is 0 Å². The van der Waals surface area contributed by atoms with Gasteiger partial charge in [0.25, 0.3) is 0 Å². The number of hydrogen-bond acceptors (Lipinski definition) is 3. The Morgan fingerprint density at radius 1 is 1.27 bits per heavy atom. The fourth-order valence-electron chi connectivity index (χ4n) is 1.53. The standard InChI is InChI=1S/C12H12N2O/c15-12(11-3-6-13-7-4-11)5-10-14-8-1-2-9-14/h3-4,6-7H,1-2,8-9H2. The summed E-state index contributed by atoms with van der Waals surface area (Å²) >= 11 is 0. The second-order valence-corrected chi connectivity index (χ2v) is 3.50. The van der Waals surface area contributed by atoms with E-state index in [1.54, 1.807) is 24.5 Å². The van der Waals surface area contributed by atoms with Crippen molar-refractivity contribution < 1.29 is 4.79 Å². The first kappa shape index (κ1) is 9.72. The number of carbonyl (C=O) groups excluding carboxylic acids is 1. The third-order valence-electron chi connectivity index (χ3n) is 2.38. The van der Waals surface area contributed by atoms with Crippen molar-refractivity contribution in [1.82, 2.24) is 9.88 Å². The van der Waals surface area contributed by atoms with Crippen molar-refractivity contribution in [3.63, 3.8) is 0 Å². The number of hydrogen-bond donors (Lipinski definition) is 0. The molecule has 1 aromatic rings. The van der Waals surface area contributed by atoms with Crippen LogP contribution in [0.3, 0.4) is 0 Å². The van der Waals surface area contributed by atoms with E-state index in [9.17, 15) is 4.79 Å². The van der Waals surface area contributed by atoms with Gasteiger partial charge in [-0.3, -0.25) is 9.78 Å². The van der Waals surface area contributed by atoms with Gasteiger partial charge in [-0.25, -0.2) is 0 Å². The average molecular weight is 200 g/mol. The molecule has 76 valence electrons. The van der Waals surface area contributed by atoms with Crippen molar-refractivity contribution in [2.45, 2.75) is 12.8 Å². The number of ketones is 1. The zero-order valence-electron chi connectivity index (χ0n) is 8.44. The Bertz CT molecular complexity index is 397. The zero-order chi connectivity index (χ0) is 10.5. The molecule has 15 heavy (non-hydrogen) atoms. The number of nitrogens with zero attached hydrogens (tertiary/aromatic N) is 2. The molecule has 0 spiro atoms. The Morgan fingerprint density at radius 2 is 1.93 bits per heavy atom. The van der Waals surface area contributed by atoms with Crippen LogP contribution in [0.25, 0.3) is 0 Å². The number of carbonyl (C=O) groups is 1. The van der Waals surface area contributed by atoms with Crippen LogP contribution in [0.4, 0.5) is 0 Å². The van der Waals surface area contributed by atoms with E-state index < -0.39 is 0 Å². The largest absolute Gasteiger partial charge is 0.332 e. The highest BCUT2D eigenvalue weighted by atomic mass is 16.1. The van der Waals surface area contributed by atoms with Gasteiger partial charge in [0.15, 0.2) is 0 Å². The predicted molar refractivity (Wildman–Crippen MR) is 57.2 cm³/mol. The lowest BCUT2D eigenvalue weighted by molar-refractivity contribution is 0.105. The Hall–Kier alpha value is -1.82. The Labute approximate surface area is 89.1 Å². The van der Waals surface area contributed by atoms with Crippen LogP contribution in [0.5, 0.6) is 0 Å². The summed E-state index contributed by atoms with van der Waals surface area (Å²) < 4.78 is 0. The van der Waals surface area contributed by atoms with Crippen LogP contribution in [-0.4, -0.2) is 28.8 Å². The topological polar surface area (TPSA) is 33.2 Å². The van der Waals surface area contributed by atoms with E-state index in [0.717, 1.165) is 13.1 Å². The van der Waals surface area contributed by atoms with Gasteiger partial charge in [0, 0.05) is 37.1 Å². The molecule has 0 amide bonds. The third-order valence-corrected chi connectivity index (χ3v) is 2.38. The van der Waals surface area contributed by atoms with Gasteiger partial charge in [-0.15, -0.1) is 0 Å². The van der Waals surface area contributed by atoms with Crippen LogP contribution in [0, 0.1) is 12.0 Å². The van der Waals surface area contributed by atoms with E-state index in [4.69, 9.17) is 0 Å². The van der Waals surface area contributed by atoms with Gasteiger partial charge in [-0.1, -0.05) is 0 Å². The van der Waals surface area contributed by atoms with E-state index in [-0.39, 0.29) is 5.78 Å². The lowest BCUT2D eigenvalue weighted by Crippen LogP contribution is -2.12. The molecule has 0 aliphatic carbocycles. The minimum Gasteiger partial charge on any atom is -0.332 e. The van der Waals surface area contributed by atoms with Crippen LogP contribution in [0.1, 0.15) is 23.2 Å². The molecule has 1 fully saturated rings. The van der Waals surface area contributed by atoms with Gasteiger partial charge >= 0.3 is 0 Å². The van der Waals surface area contributed by atoms with Crippen molar-refractivity contribution in [3.05, 3.63) is 30.1 Å². The second kappa shape index (κ2) is 4.61. The lowest BCUT2D eigenvalue weighted by Gasteiger charge is -2.04. The SMILES string of the molecule is O=C(C#CN1CCCC1)c1ccncc1. The molecule has 0 aromatic carbocycles. The lowest BCUT2D eigenvalue weighted by atomic mass is 10.2. The van der Waals surface area contributed by atoms with Crippen molar-refractivity contribution in [2.24, 2.45) is 0 Å². The highest BCUT2D eigenvalue weighted by molar-refractivity contribution is 6.08. The molecule has 0 N–H and O–H groups in total. The molecule has 1 aromatic heterocycles.